The smallest absolute Gasteiger partial charge is 0.338 e. The first-order valence-electron chi connectivity index (χ1n) is 11.9. The molecule has 0 bridgehead atoms. The quantitative estimate of drug-likeness (QED) is 0.149. The Kier molecular flexibility index (Phi) is 7.04. The summed E-state index contributed by atoms with van der Waals surface area (Å²) in [7, 11) is 0. The summed E-state index contributed by atoms with van der Waals surface area (Å²) < 4.78 is 33.0. The standard InChI is InChI=1S/C28H22ClFN4O5/c1-4-28(14-37-25(35)18-9-5-16(2)6-10-18)20(38-26(36)19-11-7-17(3)8-12-19)13-21(39-28)34-15-31-22-23(29)32-27(30)33-24(22)34/h1,5-12,15,20-21H,13-14H2,2-3H3/t20-,21+,28+/m0/s1. The van der Waals surface area contributed by atoms with Gasteiger partial charge in [0.1, 0.15) is 18.4 Å². The van der Waals surface area contributed by atoms with Crippen LogP contribution in [0, 0.1) is 32.3 Å². The largest absolute Gasteiger partial charge is 0.458 e. The molecule has 5 rings (SSSR count). The van der Waals surface area contributed by atoms with Crippen LogP contribution in [0.15, 0.2) is 54.9 Å². The van der Waals surface area contributed by atoms with Crippen LogP contribution >= 0.6 is 11.6 Å². The van der Waals surface area contributed by atoms with Gasteiger partial charge in [0, 0.05) is 6.42 Å². The Balaban J connectivity index is 1.46. The normalized spacial score (nSPS) is 20.5. The first-order valence-corrected chi connectivity index (χ1v) is 12.3. The molecule has 0 unspecified atom stereocenters. The highest BCUT2D eigenvalue weighted by Crippen LogP contribution is 2.40. The van der Waals surface area contributed by atoms with Crippen molar-refractivity contribution in [3.63, 3.8) is 0 Å². The fraction of sp³-hybridized carbons (Fsp3) is 0.250. The molecule has 0 amide bonds. The number of nitrogens with zero attached hydrogens (tertiary/aromatic N) is 4. The van der Waals surface area contributed by atoms with Crippen LogP contribution in [0.3, 0.4) is 0 Å². The molecule has 1 aliphatic heterocycles. The number of hydrogen-bond acceptors (Lipinski definition) is 8. The lowest BCUT2D eigenvalue weighted by molar-refractivity contribution is -0.0967. The van der Waals surface area contributed by atoms with E-state index in [2.05, 4.69) is 20.9 Å². The summed E-state index contributed by atoms with van der Waals surface area (Å²) in [5, 5.41) is -0.174. The maximum atomic E-state index is 14.0. The van der Waals surface area contributed by atoms with Crippen LogP contribution in [0.1, 0.15) is 44.5 Å². The van der Waals surface area contributed by atoms with E-state index in [-0.39, 0.29) is 22.7 Å². The van der Waals surface area contributed by atoms with E-state index >= 15 is 0 Å². The number of terminal acetylenes is 1. The van der Waals surface area contributed by atoms with Gasteiger partial charge >= 0.3 is 18.0 Å². The molecule has 198 valence electrons. The first-order chi connectivity index (χ1) is 18.7. The molecule has 9 nitrogen and oxygen atoms in total. The molecule has 1 fully saturated rings. The number of esters is 2. The fourth-order valence-electron chi connectivity index (χ4n) is 4.25. The molecular formula is C28H22ClFN4O5. The van der Waals surface area contributed by atoms with Gasteiger partial charge in [-0.05, 0) is 38.1 Å². The molecule has 1 aliphatic rings. The van der Waals surface area contributed by atoms with Gasteiger partial charge in [0.15, 0.2) is 16.9 Å². The Bertz CT molecular complexity index is 1600. The number of imidazole rings is 1. The molecule has 2 aromatic heterocycles. The molecule has 0 radical (unpaired) electrons. The maximum Gasteiger partial charge on any atom is 0.338 e. The zero-order valence-electron chi connectivity index (χ0n) is 20.9. The van der Waals surface area contributed by atoms with E-state index in [1.807, 2.05) is 13.8 Å². The summed E-state index contributed by atoms with van der Waals surface area (Å²) in [5.74, 6) is 1.26. The lowest BCUT2D eigenvalue weighted by atomic mass is 9.98. The highest BCUT2D eigenvalue weighted by molar-refractivity contribution is 6.33. The summed E-state index contributed by atoms with van der Waals surface area (Å²) in [5.41, 5.74) is 1.11. The lowest BCUT2D eigenvalue weighted by Gasteiger charge is -2.28. The second-order valence-electron chi connectivity index (χ2n) is 9.15. The third-order valence-electron chi connectivity index (χ3n) is 6.43. The Labute approximate surface area is 227 Å². The molecule has 4 aromatic rings. The zero-order chi connectivity index (χ0) is 27.7. The number of rotatable bonds is 6. The number of benzene rings is 2. The van der Waals surface area contributed by atoms with E-state index in [1.165, 1.54) is 10.9 Å². The average Bonchev–Trinajstić information content (AvgIpc) is 3.50. The predicted molar refractivity (Wildman–Crippen MR) is 138 cm³/mol. The Morgan fingerprint density at radius 1 is 1.10 bits per heavy atom. The van der Waals surface area contributed by atoms with Crippen molar-refractivity contribution in [3.05, 3.63) is 88.3 Å². The third kappa shape index (κ3) is 5.19. The summed E-state index contributed by atoms with van der Waals surface area (Å²) in [6, 6.07) is 13.6. The SMILES string of the molecule is C#C[C@]1(COC(=O)c2ccc(C)cc2)O[C@@H](n2cnc3c(Cl)nc(F)nc32)C[C@@H]1OC(=O)c1ccc(C)cc1. The number of aryl methyl sites for hydroxylation is 2. The summed E-state index contributed by atoms with van der Waals surface area (Å²) in [6.45, 7) is 3.37. The first kappa shape index (κ1) is 26.3. The summed E-state index contributed by atoms with van der Waals surface area (Å²) in [6.07, 6.45) is 4.29. The predicted octanol–water partition coefficient (Wildman–Crippen LogP) is 4.61. The third-order valence-corrected chi connectivity index (χ3v) is 6.69. The van der Waals surface area contributed by atoms with Gasteiger partial charge in [0.05, 0.1) is 17.5 Å². The molecule has 39 heavy (non-hydrogen) atoms. The van der Waals surface area contributed by atoms with E-state index in [0.717, 1.165) is 11.1 Å². The van der Waals surface area contributed by atoms with Crippen molar-refractivity contribution in [2.75, 3.05) is 6.61 Å². The molecule has 1 saturated heterocycles. The van der Waals surface area contributed by atoms with E-state index in [1.54, 1.807) is 48.5 Å². The van der Waals surface area contributed by atoms with E-state index in [0.29, 0.717) is 11.1 Å². The van der Waals surface area contributed by atoms with Crippen LogP contribution in [0.2, 0.25) is 5.15 Å². The van der Waals surface area contributed by atoms with E-state index in [4.69, 9.17) is 32.2 Å². The van der Waals surface area contributed by atoms with Gasteiger partial charge in [-0.15, -0.1) is 6.42 Å². The minimum absolute atomic E-state index is 0.0264. The Hall–Kier alpha value is -4.33. The zero-order valence-corrected chi connectivity index (χ0v) is 21.7. The Morgan fingerprint density at radius 3 is 2.33 bits per heavy atom. The molecule has 0 spiro atoms. The van der Waals surface area contributed by atoms with Gasteiger partial charge in [-0.1, -0.05) is 52.9 Å². The molecule has 0 aliphatic carbocycles. The van der Waals surface area contributed by atoms with Crippen molar-refractivity contribution in [3.8, 4) is 12.3 Å². The highest BCUT2D eigenvalue weighted by atomic mass is 35.5. The molecule has 0 N–H and O–H groups in total. The molecular weight excluding hydrogens is 527 g/mol. The van der Waals surface area contributed by atoms with Crippen LogP contribution in [0.5, 0.6) is 0 Å². The minimum Gasteiger partial charge on any atom is -0.458 e. The number of carbonyl (C=O) groups is 2. The van der Waals surface area contributed by atoms with Gasteiger partial charge in [0.2, 0.25) is 5.60 Å². The molecule has 3 atom stereocenters. The topological polar surface area (TPSA) is 105 Å². The van der Waals surface area contributed by atoms with Crippen molar-refractivity contribution in [2.24, 2.45) is 0 Å². The van der Waals surface area contributed by atoms with Gasteiger partial charge in [-0.25, -0.2) is 14.6 Å². The number of hydrogen-bond donors (Lipinski definition) is 0. The van der Waals surface area contributed by atoms with Crippen LogP contribution < -0.4 is 0 Å². The average molecular weight is 549 g/mol. The maximum absolute atomic E-state index is 14.0. The van der Waals surface area contributed by atoms with Crippen molar-refractivity contribution >= 4 is 34.7 Å². The molecule has 2 aromatic carbocycles. The van der Waals surface area contributed by atoms with Gasteiger partial charge in [-0.3, -0.25) is 4.57 Å². The van der Waals surface area contributed by atoms with Crippen LogP contribution in [-0.2, 0) is 14.2 Å². The molecule has 3 heterocycles. The minimum atomic E-state index is -1.67. The summed E-state index contributed by atoms with van der Waals surface area (Å²) in [4.78, 5) is 37.2. The van der Waals surface area contributed by atoms with E-state index in [9.17, 15) is 14.0 Å². The number of aromatic nitrogens is 4. The second kappa shape index (κ2) is 10.4. The highest BCUT2D eigenvalue weighted by Gasteiger charge is 2.52. The molecule has 11 heteroatoms. The second-order valence-corrected chi connectivity index (χ2v) is 9.51. The summed E-state index contributed by atoms with van der Waals surface area (Å²) >= 11 is 6.03. The number of ether oxygens (including phenoxy) is 3. The monoisotopic (exact) mass is 548 g/mol. The number of halogens is 2. The lowest BCUT2D eigenvalue weighted by Crippen LogP contribution is -2.45. The van der Waals surface area contributed by atoms with Gasteiger partial charge < -0.3 is 14.2 Å². The van der Waals surface area contributed by atoms with E-state index < -0.39 is 42.6 Å². The number of fused-ring (bicyclic) bond motifs is 1. The van der Waals surface area contributed by atoms with Crippen molar-refractivity contribution < 1.29 is 28.2 Å². The number of carbonyl (C=O) groups excluding carboxylic acids is 2. The van der Waals surface area contributed by atoms with Crippen LogP contribution in [-0.4, -0.2) is 49.8 Å². The van der Waals surface area contributed by atoms with Gasteiger partial charge in [-0.2, -0.15) is 14.4 Å². The fourth-order valence-corrected chi connectivity index (χ4v) is 4.45. The van der Waals surface area contributed by atoms with Gasteiger partial charge in [0.25, 0.3) is 0 Å². The van der Waals surface area contributed by atoms with Crippen molar-refractivity contribution in [1.29, 1.82) is 0 Å². The van der Waals surface area contributed by atoms with Crippen LogP contribution in [0.4, 0.5) is 4.39 Å². The van der Waals surface area contributed by atoms with Crippen molar-refractivity contribution in [2.45, 2.75) is 38.2 Å². The van der Waals surface area contributed by atoms with Crippen molar-refractivity contribution in [1.82, 2.24) is 19.5 Å². The van der Waals surface area contributed by atoms with Crippen LogP contribution in [0.25, 0.3) is 11.2 Å². The molecule has 0 saturated carbocycles. The Morgan fingerprint density at radius 2 is 1.72 bits per heavy atom.